The van der Waals surface area contributed by atoms with Crippen LogP contribution in [0.1, 0.15) is 28.3 Å². The summed E-state index contributed by atoms with van der Waals surface area (Å²) in [7, 11) is 1.53. The number of Topliss-reactive ketones (excluding diaryl/α,β-unsaturated/α-hetero) is 1. The average Bonchev–Trinajstić information content (AvgIpc) is 3.12. The van der Waals surface area contributed by atoms with Crippen molar-refractivity contribution in [2.45, 2.75) is 19.6 Å². The molecule has 1 aliphatic heterocycles. The van der Waals surface area contributed by atoms with E-state index in [4.69, 9.17) is 21.1 Å². The van der Waals surface area contributed by atoms with E-state index in [1.54, 1.807) is 42.5 Å². The highest BCUT2D eigenvalue weighted by atomic mass is 35.5. The molecular weight excluding hydrogens is 466 g/mol. The summed E-state index contributed by atoms with van der Waals surface area (Å²) >= 11 is 6.05. The Morgan fingerprint density at radius 3 is 2.40 bits per heavy atom. The number of hydrogen-bond donors (Lipinski definition) is 1. The first-order chi connectivity index (χ1) is 16.9. The fourth-order valence-corrected chi connectivity index (χ4v) is 4.30. The van der Waals surface area contributed by atoms with E-state index < -0.39 is 17.7 Å². The number of ketones is 1. The summed E-state index contributed by atoms with van der Waals surface area (Å²) in [4.78, 5) is 27.4. The van der Waals surface area contributed by atoms with Crippen molar-refractivity contribution in [3.05, 3.63) is 106 Å². The van der Waals surface area contributed by atoms with Crippen LogP contribution in [0.25, 0.3) is 5.76 Å². The third kappa shape index (κ3) is 5.24. The molecule has 0 aliphatic carbocycles. The van der Waals surface area contributed by atoms with Crippen molar-refractivity contribution in [2.75, 3.05) is 20.3 Å². The van der Waals surface area contributed by atoms with Crippen LogP contribution in [-0.4, -0.2) is 42.0 Å². The van der Waals surface area contributed by atoms with Gasteiger partial charge in [0.1, 0.15) is 18.1 Å². The number of amides is 1. The normalized spacial score (nSPS) is 17.1. The zero-order chi connectivity index (χ0) is 24.9. The molecule has 1 saturated heterocycles. The van der Waals surface area contributed by atoms with Crippen LogP contribution in [-0.2, 0) is 20.9 Å². The van der Waals surface area contributed by atoms with Crippen LogP contribution >= 0.6 is 11.6 Å². The quantitative estimate of drug-likeness (QED) is 0.263. The third-order valence-corrected chi connectivity index (χ3v) is 6.22. The van der Waals surface area contributed by atoms with Gasteiger partial charge >= 0.3 is 0 Å². The fourth-order valence-electron chi connectivity index (χ4n) is 4.17. The summed E-state index contributed by atoms with van der Waals surface area (Å²) in [6.45, 7) is 2.69. The molecule has 180 valence electrons. The first kappa shape index (κ1) is 24.5. The number of hydrogen-bond acceptors (Lipinski definition) is 5. The molecule has 6 nitrogen and oxygen atoms in total. The maximum atomic E-state index is 13.1. The molecule has 1 atom stereocenters. The van der Waals surface area contributed by atoms with Gasteiger partial charge in [-0.25, -0.2) is 0 Å². The molecule has 0 spiro atoms. The number of aliphatic hydroxyl groups excluding tert-OH is 1. The lowest BCUT2D eigenvalue weighted by Crippen LogP contribution is -2.32. The largest absolute Gasteiger partial charge is 0.507 e. The molecule has 1 amide bonds. The lowest BCUT2D eigenvalue weighted by atomic mass is 9.94. The fraction of sp³-hybridized carbons (Fsp3) is 0.214. The first-order valence-corrected chi connectivity index (χ1v) is 11.6. The van der Waals surface area contributed by atoms with Gasteiger partial charge in [-0.2, -0.15) is 0 Å². The van der Waals surface area contributed by atoms with Crippen LogP contribution in [0.3, 0.4) is 0 Å². The average molecular weight is 492 g/mol. The number of methoxy groups -OCH3 is 1. The van der Waals surface area contributed by atoms with Gasteiger partial charge in [-0.15, -0.1) is 0 Å². The minimum atomic E-state index is -0.754. The molecule has 3 aromatic carbocycles. The first-order valence-electron chi connectivity index (χ1n) is 11.2. The molecule has 4 rings (SSSR count). The molecular formula is C28H26ClNO5. The molecule has 0 aromatic heterocycles. The number of halogens is 1. The number of carbonyl (C=O) groups is 2. The van der Waals surface area contributed by atoms with E-state index in [-0.39, 0.29) is 24.5 Å². The van der Waals surface area contributed by atoms with Crippen molar-refractivity contribution in [2.24, 2.45) is 0 Å². The highest BCUT2D eigenvalue weighted by molar-refractivity contribution is 6.46. The summed E-state index contributed by atoms with van der Waals surface area (Å²) < 4.78 is 11.0. The second-order valence-corrected chi connectivity index (χ2v) is 8.72. The van der Waals surface area contributed by atoms with Crippen LogP contribution in [0.4, 0.5) is 0 Å². The Balaban J connectivity index is 1.70. The number of rotatable bonds is 8. The summed E-state index contributed by atoms with van der Waals surface area (Å²) in [6, 6.07) is 21.2. The number of benzene rings is 3. The minimum Gasteiger partial charge on any atom is -0.507 e. The van der Waals surface area contributed by atoms with E-state index in [0.717, 1.165) is 5.56 Å². The molecule has 0 bridgehead atoms. The second-order valence-electron chi connectivity index (χ2n) is 8.29. The molecule has 1 aliphatic rings. The van der Waals surface area contributed by atoms with E-state index in [1.165, 1.54) is 12.0 Å². The van der Waals surface area contributed by atoms with E-state index in [2.05, 4.69) is 0 Å². The Morgan fingerprint density at radius 2 is 1.74 bits per heavy atom. The van der Waals surface area contributed by atoms with E-state index >= 15 is 0 Å². The van der Waals surface area contributed by atoms with Gasteiger partial charge in [-0.1, -0.05) is 54.1 Å². The van der Waals surface area contributed by atoms with Crippen LogP contribution < -0.4 is 4.74 Å². The monoisotopic (exact) mass is 491 g/mol. The van der Waals surface area contributed by atoms with Gasteiger partial charge in [-0.3, -0.25) is 9.59 Å². The molecule has 3 aromatic rings. The van der Waals surface area contributed by atoms with Crippen molar-refractivity contribution in [3.63, 3.8) is 0 Å². The lowest BCUT2D eigenvalue weighted by molar-refractivity contribution is -0.140. The Labute approximate surface area is 209 Å². The number of nitrogens with zero attached hydrogens (tertiary/aromatic N) is 1. The summed E-state index contributed by atoms with van der Waals surface area (Å²) in [6.07, 6.45) is 0. The van der Waals surface area contributed by atoms with Crippen molar-refractivity contribution in [1.29, 1.82) is 0 Å². The summed E-state index contributed by atoms with van der Waals surface area (Å²) in [5.74, 6) is -1.00. The SMILES string of the molecule is COCCN1C(=O)C(=O)C(=C(O)c2ccc(OCc3ccccc3)cc2C)[C@H]1c1ccc(Cl)cc1. The number of carbonyl (C=O) groups excluding carboxylic acids is 2. The molecule has 0 radical (unpaired) electrons. The molecule has 1 fully saturated rings. The number of aryl methyl sites for hydroxylation is 1. The minimum absolute atomic E-state index is 0.0366. The molecule has 35 heavy (non-hydrogen) atoms. The van der Waals surface area contributed by atoms with Crippen molar-refractivity contribution < 1.29 is 24.2 Å². The van der Waals surface area contributed by atoms with Gasteiger partial charge in [-0.05, 0) is 53.9 Å². The summed E-state index contributed by atoms with van der Waals surface area (Å²) in [5, 5.41) is 11.8. The predicted octanol–water partition coefficient (Wildman–Crippen LogP) is 5.30. The number of aliphatic hydroxyl groups is 1. The van der Waals surface area contributed by atoms with Crippen molar-refractivity contribution in [1.82, 2.24) is 4.90 Å². The van der Waals surface area contributed by atoms with Gasteiger partial charge < -0.3 is 19.5 Å². The van der Waals surface area contributed by atoms with E-state index in [1.807, 2.05) is 37.3 Å². The van der Waals surface area contributed by atoms with Gasteiger partial charge in [0, 0.05) is 24.2 Å². The van der Waals surface area contributed by atoms with Gasteiger partial charge in [0.05, 0.1) is 18.2 Å². The number of likely N-dealkylation sites (tertiary alicyclic amines) is 1. The standard InChI is InChI=1S/C28H26ClNO5/c1-18-16-22(35-17-19-6-4-3-5-7-19)12-13-23(18)26(31)24-25(20-8-10-21(29)11-9-20)30(14-15-34-2)28(33)27(24)32/h3-13,16,25,31H,14-15,17H2,1-2H3/t25-/m1/s1. The van der Waals surface area contributed by atoms with Crippen LogP contribution in [0.5, 0.6) is 5.75 Å². The molecule has 7 heteroatoms. The molecule has 0 unspecified atom stereocenters. The maximum Gasteiger partial charge on any atom is 0.295 e. The Hall–Kier alpha value is -3.61. The van der Waals surface area contributed by atoms with E-state index in [0.29, 0.717) is 34.1 Å². The highest BCUT2D eigenvalue weighted by Crippen LogP contribution is 2.40. The Bertz CT molecular complexity index is 1250. The van der Waals surface area contributed by atoms with Crippen LogP contribution in [0.2, 0.25) is 5.02 Å². The smallest absolute Gasteiger partial charge is 0.295 e. The number of ether oxygens (including phenoxy) is 2. The van der Waals surface area contributed by atoms with Gasteiger partial charge in [0.2, 0.25) is 0 Å². The zero-order valence-electron chi connectivity index (χ0n) is 19.5. The highest BCUT2D eigenvalue weighted by Gasteiger charge is 2.46. The Morgan fingerprint density at radius 1 is 1.03 bits per heavy atom. The maximum absolute atomic E-state index is 13.1. The van der Waals surface area contributed by atoms with Crippen LogP contribution in [0, 0.1) is 6.92 Å². The second kappa shape index (κ2) is 10.8. The van der Waals surface area contributed by atoms with Gasteiger partial charge in [0.15, 0.2) is 0 Å². The molecule has 0 saturated carbocycles. The lowest BCUT2D eigenvalue weighted by Gasteiger charge is -2.25. The van der Waals surface area contributed by atoms with Crippen molar-refractivity contribution in [3.8, 4) is 5.75 Å². The summed E-state index contributed by atoms with van der Waals surface area (Å²) in [5.41, 5.74) is 2.92. The predicted molar refractivity (Wildman–Crippen MR) is 134 cm³/mol. The van der Waals surface area contributed by atoms with E-state index in [9.17, 15) is 14.7 Å². The third-order valence-electron chi connectivity index (χ3n) is 5.96. The van der Waals surface area contributed by atoms with Crippen LogP contribution in [0.15, 0.2) is 78.4 Å². The Kier molecular flexibility index (Phi) is 7.54. The molecule has 1 heterocycles. The van der Waals surface area contributed by atoms with Gasteiger partial charge in [0.25, 0.3) is 11.7 Å². The molecule has 1 N–H and O–H groups in total. The topological polar surface area (TPSA) is 76.1 Å². The zero-order valence-corrected chi connectivity index (χ0v) is 20.3. The van der Waals surface area contributed by atoms with Crippen molar-refractivity contribution >= 4 is 29.1 Å².